The Bertz CT molecular complexity index is 830. The van der Waals surface area contributed by atoms with Crippen LogP contribution in [-0.4, -0.2) is 42.4 Å². The van der Waals surface area contributed by atoms with Crippen LogP contribution in [-0.2, 0) is 16.0 Å². The number of nitrogens with zero attached hydrogens (tertiary/aromatic N) is 2. The number of pyridine rings is 1. The number of amides is 1. The normalized spacial score (nSPS) is 19.3. The first-order valence-electron chi connectivity index (χ1n) is 7.93. The molecule has 9 heteroatoms. The highest BCUT2D eigenvalue weighted by Crippen LogP contribution is 2.32. The van der Waals surface area contributed by atoms with Gasteiger partial charge in [0.1, 0.15) is 11.9 Å². The molecule has 0 spiro atoms. The maximum Gasteiger partial charge on any atom is 0.491 e. The minimum absolute atomic E-state index is 0.225. The van der Waals surface area contributed by atoms with Crippen molar-refractivity contribution in [1.29, 1.82) is 0 Å². The molecule has 128 valence electrons. The van der Waals surface area contributed by atoms with E-state index in [0.29, 0.717) is 23.5 Å². The molecule has 1 aromatic heterocycles. The summed E-state index contributed by atoms with van der Waals surface area (Å²) in [5.74, 6) is 0.419. The van der Waals surface area contributed by atoms with Crippen LogP contribution in [0.25, 0.3) is 11.1 Å². The second kappa shape index (κ2) is 6.03. The standard InChI is InChI=1S/C16H17BN4O4/c18-5-11-7-21(16(22)25-11)14-4-10(9-1-2-15(19)20-6-9)3-13-12(14)8-24-17(13)23/h1-4,6,11,23H,5,7-8,18H2,(H2,19,20)/t11-/m1/s1. The summed E-state index contributed by atoms with van der Waals surface area (Å²) in [5, 5.41) is 10.1. The molecule has 2 aliphatic rings. The van der Waals surface area contributed by atoms with E-state index in [1.165, 1.54) is 4.90 Å². The van der Waals surface area contributed by atoms with Crippen molar-refractivity contribution < 1.29 is 19.2 Å². The number of cyclic esters (lactones) is 1. The van der Waals surface area contributed by atoms with Gasteiger partial charge in [-0.25, -0.2) is 9.78 Å². The highest BCUT2D eigenvalue weighted by molar-refractivity contribution is 6.62. The Kier molecular flexibility index (Phi) is 3.83. The van der Waals surface area contributed by atoms with Gasteiger partial charge in [0.15, 0.2) is 0 Å². The van der Waals surface area contributed by atoms with Gasteiger partial charge in [-0.2, -0.15) is 0 Å². The molecule has 5 N–H and O–H groups in total. The molecule has 0 radical (unpaired) electrons. The molecule has 0 saturated carbocycles. The van der Waals surface area contributed by atoms with Gasteiger partial charge in [0.25, 0.3) is 0 Å². The van der Waals surface area contributed by atoms with Crippen molar-refractivity contribution in [2.75, 3.05) is 23.7 Å². The zero-order chi connectivity index (χ0) is 17.6. The molecule has 2 aliphatic heterocycles. The lowest BCUT2D eigenvalue weighted by Gasteiger charge is -2.18. The lowest BCUT2D eigenvalue weighted by Crippen LogP contribution is -2.32. The molecule has 1 atom stereocenters. The minimum Gasteiger partial charge on any atom is -0.443 e. The molecule has 1 saturated heterocycles. The van der Waals surface area contributed by atoms with Crippen LogP contribution in [0, 0.1) is 0 Å². The van der Waals surface area contributed by atoms with Crippen LogP contribution in [0.3, 0.4) is 0 Å². The van der Waals surface area contributed by atoms with Crippen LogP contribution in [0.1, 0.15) is 5.56 Å². The molecular formula is C16H17BN4O4. The SMILES string of the molecule is NC[C@@H]1CN(c2cc(-c3ccc(N)nc3)cc3c2COB3O)C(=O)O1. The second-order valence-electron chi connectivity index (χ2n) is 6.05. The maximum atomic E-state index is 12.2. The van der Waals surface area contributed by atoms with Gasteiger partial charge < -0.3 is 25.9 Å². The van der Waals surface area contributed by atoms with Gasteiger partial charge in [-0.1, -0.05) is 6.07 Å². The predicted molar refractivity (Wildman–Crippen MR) is 93.2 cm³/mol. The van der Waals surface area contributed by atoms with Crippen molar-refractivity contribution in [1.82, 2.24) is 4.98 Å². The average Bonchev–Trinajstić information content (AvgIpc) is 3.18. The number of ether oxygens (including phenoxy) is 1. The van der Waals surface area contributed by atoms with E-state index in [2.05, 4.69) is 4.98 Å². The van der Waals surface area contributed by atoms with Crippen LogP contribution in [0.2, 0.25) is 0 Å². The van der Waals surface area contributed by atoms with Gasteiger partial charge in [0, 0.05) is 18.3 Å². The van der Waals surface area contributed by atoms with Crippen molar-refractivity contribution in [3.8, 4) is 11.1 Å². The highest BCUT2D eigenvalue weighted by atomic mass is 16.6. The van der Waals surface area contributed by atoms with Gasteiger partial charge in [-0.15, -0.1) is 0 Å². The van der Waals surface area contributed by atoms with E-state index in [-0.39, 0.29) is 19.3 Å². The quantitative estimate of drug-likeness (QED) is 0.663. The smallest absolute Gasteiger partial charge is 0.443 e. The van der Waals surface area contributed by atoms with Crippen LogP contribution in [0.15, 0.2) is 30.5 Å². The monoisotopic (exact) mass is 340 g/mol. The van der Waals surface area contributed by atoms with Gasteiger partial charge in [-0.05, 0) is 34.8 Å². The summed E-state index contributed by atoms with van der Waals surface area (Å²) in [5.41, 5.74) is 14.9. The molecule has 25 heavy (non-hydrogen) atoms. The first-order chi connectivity index (χ1) is 12.1. The van der Waals surface area contributed by atoms with E-state index in [0.717, 1.165) is 16.7 Å². The largest absolute Gasteiger partial charge is 0.491 e. The van der Waals surface area contributed by atoms with Crippen molar-refractivity contribution >= 4 is 30.2 Å². The summed E-state index contributed by atoms with van der Waals surface area (Å²) in [6.45, 7) is 0.843. The molecule has 3 heterocycles. The van der Waals surface area contributed by atoms with Gasteiger partial charge >= 0.3 is 13.2 Å². The number of anilines is 2. The summed E-state index contributed by atoms with van der Waals surface area (Å²) in [7, 11) is -1.03. The molecular weight excluding hydrogens is 323 g/mol. The number of carbonyl (C=O) groups is 1. The fourth-order valence-corrected chi connectivity index (χ4v) is 3.13. The molecule has 4 rings (SSSR count). The lowest BCUT2D eigenvalue weighted by atomic mass is 9.77. The molecule has 1 aromatic carbocycles. The van der Waals surface area contributed by atoms with E-state index < -0.39 is 13.2 Å². The van der Waals surface area contributed by atoms with Crippen LogP contribution < -0.4 is 21.8 Å². The molecule has 0 unspecified atom stereocenters. The maximum absolute atomic E-state index is 12.2. The molecule has 1 fully saturated rings. The lowest BCUT2D eigenvalue weighted by molar-refractivity contribution is 0.145. The summed E-state index contributed by atoms with van der Waals surface area (Å²) < 4.78 is 10.6. The van der Waals surface area contributed by atoms with Crippen molar-refractivity contribution in [3.63, 3.8) is 0 Å². The van der Waals surface area contributed by atoms with Gasteiger partial charge in [-0.3, -0.25) is 4.90 Å². The first kappa shape index (κ1) is 15.9. The third-order valence-corrected chi connectivity index (χ3v) is 4.46. The Hall–Kier alpha value is -2.62. The highest BCUT2D eigenvalue weighted by Gasteiger charge is 2.37. The van der Waals surface area contributed by atoms with Crippen LogP contribution in [0.5, 0.6) is 0 Å². The number of aromatic nitrogens is 1. The fourth-order valence-electron chi connectivity index (χ4n) is 3.13. The number of benzene rings is 1. The molecule has 8 nitrogen and oxygen atoms in total. The van der Waals surface area contributed by atoms with Crippen molar-refractivity contribution in [2.45, 2.75) is 12.7 Å². The van der Waals surface area contributed by atoms with E-state index in [1.54, 1.807) is 12.3 Å². The molecule has 1 amide bonds. The Morgan fingerprint density at radius 1 is 1.36 bits per heavy atom. The number of nitrogen functional groups attached to an aromatic ring is 1. The molecule has 2 aromatic rings. The van der Waals surface area contributed by atoms with Crippen LogP contribution in [0.4, 0.5) is 16.3 Å². The summed E-state index contributed by atoms with van der Waals surface area (Å²) >= 11 is 0. The zero-order valence-electron chi connectivity index (χ0n) is 13.4. The average molecular weight is 340 g/mol. The van der Waals surface area contributed by atoms with E-state index >= 15 is 0 Å². The number of fused-ring (bicyclic) bond motifs is 1. The molecule has 0 aliphatic carbocycles. The fraction of sp³-hybridized carbons (Fsp3) is 0.250. The third kappa shape index (κ3) is 2.72. The zero-order valence-corrected chi connectivity index (χ0v) is 13.4. The third-order valence-electron chi connectivity index (χ3n) is 4.46. The molecule has 0 bridgehead atoms. The summed E-state index contributed by atoms with van der Waals surface area (Å²) in [6, 6.07) is 7.24. The van der Waals surface area contributed by atoms with Gasteiger partial charge in [0.05, 0.1) is 18.8 Å². The number of nitrogens with two attached hydrogens (primary N) is 2. The first-order valence-corrected chi connectivity index (χ1v) is 7.93. The number of hydrogen-bond donors (Lipinski definition) is 3. The van der Waals surface area contributed by atoms with E-state index in [4.69, 9.17) is 20.9 Å². The number of rotatable bonds is 3. The topological polar surface area (TPSA) is 124 Å². The minimum atomic E-state index is -1.03. The summed E-state index contributed by atoms with van der Waals surface area (Å²) in [4.78, 5) is 17.9. The Morgan fingerprint density at radius 3 is 2.88 bits per heavy atom. The summed E-state index contributed by atoms with van der Waals surface area (Å²) in [6.07, 6.45) is 0.845. The Labute approximate surface area is 144 Å². The van der Waals surface area contributed by atoms with E-state index in [9.17, 15) is 9.82 Å². The number of carbonyl (C=O) groups excluding carboxylic acids is 1. The Morgan fingerprint density at radius 2 is 2.20 bits per heavy atom. The predicted octanol–water partition coefficient (Wildman–Crippen LogP) is -0.168. The number of hydrogen-bond acceptors (Lipinski definition) is 7. The van der Waals surface area contributed by atoms with Crippen LogP contribution >= 0.6 is 0 Å². The Balaban J connectivity index is 1.82. The van der Waals surface area contributed by atoms with Gasteiger partial charge in [0.2, 0.25) is 0 Å². The van der Waals surface area contributed by atoms with Crippen molar-refractivity contribution in [2.24, 2.45) is 5.73 Å². The van der Waals surface area contributed by atoms with E-state index in [1.807, 2.05) is 18.2 Å². The second-order valence-corrected chi connectivity index (χ2v) is 6.05. The van der Waals surface area contributed by atoms with Crippen molar-refractivity contribution in [3.05, 3.63) is 36.0 Å².